The number of primary amides is 1. The average molecular weight is 377 g/mol. The van der Waals surface area contributed by atoms with Crippen LogP contribution in [0.5, 0.6) is 0 Å². The second-order valence-corrected chi connectivity index (χ2v) is 5.76. The SMILES string of the molecule is Cc1ncc(CO)c2cc(C(N)=O)c(=Nc3ccc(C(F)(F)F)cc3)oc12. The van der Waals surface area contributed by atoms with E-state index in [0.717, 1.165) is 24.3 Å². The summed E-state index contributed by atoms with van der Waals surface area (Å²) in [7, 11) is 0. The van der Waals surface area contributed by atoms with Crippen molar-refractivity contribution in [2.45, 2.75) is 19.7 Å². The van der Waals surface area contributed by atoms with E-state index < -0.39 is 17.6 Å². The first-order valence-corrected chi connectivity index (χ1v) is 7.75. The molecule has 2 aromatic heterocycles. The van der Waals surface area contributed by atoms with Crippen molar-refractivity contribution in [2.75, 3.05) is 0 Å². The Bertz CT molecular complexity index is 1090. The van der Waals surface area contributed by atoms with Gasteiger partial charge in [0.2, 0.25) is 5.55 Å². The Morgan fingerprint density at radius 3 is 2.52 bits per heavy atom. The maximum atomic E-state index is 12.7. The molecule has 0 unspecified atom stereocenters. The fraction of sp³-hybridized carbons (Fsp3) is 0.167. The third-order valence-electron chi connectivity index (χ3n) is 3.91. The lowest BCUT2D eigenvalue weighted by atomic mass is 10.1. The minimum Gasteiger partial charge on any atom is -0.436 e. The number of nitrogens with two attached hydrogens (primary N) is 1. The molecule has 6 nitrogen and oxygen atoms in total. The standard InChI is InChI=1S/C18H14F3N3O3/c1-9-15-13(10(8-25)7-23-9)6-14(16(22)26)17(27-15)24-12-4-2-11(3-5-12)18(19,20)21/h2-7,25H,8H2,1H3,(H2,22,26). The topological polar surface area (TPSA) is 102 Å². The van der Waals surface area contributed by atoms with Crippen molar-refractivity contribution in [1.29, 1.82) is 0 Å². The molecule has 3 rings (SSSR count). The lowest BCUT2D eigenvalue weighted by Gasteiger charge is -2.08. The van der Waals surface area contributed by atoms with Crippen molar-refractivity contribution in [3.63, 3.8) is 0 Å². The number of hydrogen-bond donors (Lipinski definition) is 2. The van der Waals surface area contributed by atoms with E-state index in [0.29, 0.717) is 16.6 Å². The van der Waals surface area contributed by atoms with Crippen molar-refractivity contribution in [3.05, 3.63) is 64.5 Å². The monoisotopic (exact) mass is 377 g/mol. The lowest BCUT2D eigenvalue weighted by Crippen LogP contribution is -2.22. The van der Waals surface area contributed by atoms with Crippen LogP contribution in [-0.2, 0) is 12.8 Å². The molecule has 0 atom stereocenters. The molecule has 27 heavy (non-hydrogen) atoms. The van der Waals surface area contributed by atoms with Gasteiger partial charge in [-0.05, 0) is 37.3 Å². The van der Waals surface area contributed by atoms with Crippen LogP contribution in [0.3, 0.4) is 0 Å². The number of aliphatic hydroxyl groups excluding tert-OH is 1. The number of aliphatic hydroxyl groups is 1. The van der Waals surface area contributed by atoms with Crippen LogP contribution in [0.1, 0.15) is 27.2 Å². The summed E-state index contributed by atoms with van der Waals surface area (Å²) in [4.78, 5) is 20.0. The second kappa shape index (κ2) is 6.84. The summed E-state index contributed by atoms with van der Waals surface area (Å²) in [5, 5.41) is 9.89. The maximum absolute atomic E-state index is 12.7. The van der Waals surface area contributed by atoms with Crippen molar-refractivity contribution < 1.29 is 27.5 Å². The highest BCUT2D eigenvalue weighted by Crippen LogP contribution is 2.30. The first kappa shape index (κ1) is 18.6. The van der Waals surface area contributed by atoms with Gasteiger partial charge in [-0.25, -0.2) is 4.99 Å². The molecular weight excluding hydrogens is 363 g/mol. The van der Waals surface area contributed by atoms with Gasteiger partial charge in [-0.2, -0.15) is 13.2 Å². The summed E-state index contributed by atoms with van der Waals surface area (Å²) < 4.78 is 43.7. The maximum Gasteiger partial charge on any atom is 0.416 e. The fourth-order valence-corrected chi connectivity index (χ4v) is 2.52. The predicted molar refractivity (Wildman–Crippen MR) is 89.9 cm³/mol. The van der Waals surface area contributed by atoms with E-state index in [9.17, 15) is 23.1 Å². The summed E-state index contributed by atoms with van der Waals surface area (Å²) in [5.41, 5.74) is 5.70. The molecular formula is C18H14F3N3O3. The Balaban J connectivity index is 2.23. The van der Waals surface area contributed by atoms with Gasteiger partial charge in [-0.15, -0.1) is 0 Å². The highest BCUT2D eigenvalue weighted by Gasteiger charge is 2.29. The lowest BCUT2D eigenvalue weighted by molar-refractivity contribution is -0.137. The molecule has 2 heterocycles. The summed E-state index contributed by atoms with van der Waals surface area (Å²) in [5.74, 6) is -0.829. The Morgan fingerprint density at radius 1 is 1.30 bits per heavy atom. The van der Waals surface area contributed by atoms with E-state index in [1.165, 1.54) is 12.3 Å². The van der Waals surface area contributed by atoms with Crippen molar-refractivity contribution >= 4 is 22.6 Å². The van der Waals surface area contributed by atoms with Crippen molar-refractivity contribution in [3.8, 4) is 0 Å². The first-order valence-electron chi connectivity index (χ1n) is 7.75. The quantitative estimate of drug-likeness (QED) is 0.733. The number of carbonyl (C=O) groups is 1. The number of rotatable bonds is 3. The van der Waals surface area contributed by atoms with Gasteiger partial charge >= 0.3 is 6.18 Å². The van der Waals surface area contributed by atoms with E-state index in [2.05, 4.69) is 9.98 Å². The van der Waals surface area contributed by atoms with Crippen molar-refractivity contribution in [2.24, 2.45) is 10.7 Å². The molecule has 140 valence electrons. The summed E-state index contributed by atoms with van der Waals surface area (Å²) in [6.45, 7) is 1.34. The molecule has 0 radical (unpaired) electrons. The van der Waals surface area contributed by atoms with Crippen LogP contribution in [0.4, 0.5) is 18.9 Å². The van der Waals surface area contributed by atoms with Gasteiger partial charge in [-0.3, -0.25) is 9.78 Å². The largest absolute Gasteiger partial charge is 0.436 e. The third kappa shape index (κ3) is 3.68. The minimum atomic E-state index is -4.46. The molecule has 9 heteroatoms. The van der Waals surface area contributed by atoms with Gasteiger partial charge in [0.1, 0.15) is 5.56 Å². The molecule has 0 saturated heterocycles. The van der Waals surface area contributed by atoms with Gasteiger partial charge < -0.3 is 15.3 Å². The van der Waals surface area contributed by atoms with Gasteiger partial charge in [0.15, 0.2) is 5.58 Å². The molecule has 3 N–H and O–H groups in total. The molecule has 0 aliphatic carbocycles. The Labute approximate surface area is 150 Å². The zero-order chi connectivity index (χ0) is 19.8. The van der Waals surface area contributed by atoms with Crippen LogP contribution in [0, 0.1) is 6.92 Å². The summed E-state index contributed by atoms with van der Waals surface area (Å²) in [6.07, 6.45) is -3.02. The van der Waals surface area contributed by atoms with Gasteiger partial charge in [0.05, 0.1) is 23.6 Å². The number of amides is 1. The highest BCUT2D eigenvalue weighted by atomic mass is 19.4. The van der Waals surface area contributed by atoms with E-state index >= 15 is 0 Å². The Morgan fingerprint density at radius 2 is 1.96 bits per heavy atom. The Hall–Kier alpha value is -3.20. The molecule has 0 aliphatic rings. The van der Waals surface area contributed by atoms with Crippen LogP contribution in [-0.4, -0.2) is 16.0 Å². The van der Waals surface area contributed by atoms with Crippen molar-refractivity contribution in [1.82, 2.24) is 4.98 Å². The number of nitrogens with zero attached hydrogens (tertiary/aromatic N) is 2. The molecule has 1 aromatic carbocycles. The zero-order valence-corrected chi connectivity index (χ0v) is 14.0. The molecule has 0 saturated carbocycles. The number of halogens is 3. The smallest absolute Gasteiger partial charge is 0.416 e. The molecule has 0 fully saturated rings. The van der Waals surface area contributed by atoms with E-state index in [1.54, 1.807) is 6.92 Å². The minimum absolute atomic E-state index is 0.0669. The molecule has 0 aliphatic heterocycles. The number of benzene rings is 1. The zero-order valence-electron chi connectivity index (χ0n) is 14.0. The van der Waals surface area contributed by atoms with E-state index in [4.69, 9.17) is 10.2 Å². The van der Waals surface area contributed by atoms with Crippen LogP contribution in [0.15, 0.2) is 45.9 Å². The van der Waals surface area contributed by atoms with Crippen LogP contribution in [0.2, 0.25) is 0 Å². The van der Waals surface area contributed by atoms with Crippen LogP contribution < -0.4 is 11.3 Å². The first-order chi connectivity index (χ1) is 12.7. The second-order valence-electron chi connectivity index (χ2n) is 5.76. The van der Waals surface area contributed by atoms with Gasteiger partial charge in [0.25, 0.3) is 5.91 Å². The molecule has 3 aromatic rings. The fourth-order valence-electron chi connectivity index (χ4n) is 2.52. The van der Waals surface area contributed by atoms with Crippen LogP contribution in [0.25, 0.3) is 11.0 Å². The Kier molecular flexibility index (Phi) is 4.71. The molecule has 0 bridgehead atoms. The summed E-state index contributed by atoms with van der Waals surface area (Å²) >= 11 is 0. The highest BCUT2D eigenvalue weighted by molar-refractivity contribution is 5.96. The number of fused-ring (bicyclic) bond motifs is 1. The van der Waals surface area contributed by atoms with Gasteiger partial charge in [0, 0.05) is 17.1 Å². The van der Waals surface area contributed by atoms with E-state index in [1.807, 2.05) is 0 Å². The third-order valence-corrected chi connectivity index (χ3v) is 3.91. The number of alkyl halides is 3. The number of aryl methyl sites for hydroxylation is 1. The number of carbonyl (C=O) groups excluding carboxylic acids is 1. The van der Waals surface area contributed by atoms with Crippen LogP contribution >= 0.6 is 0 Å². The molecule has 0 spiro atoms. The van der Waals surface area contributed by atoms with E-state index in [-0.39, 0.29) is 29.0 Å². The average Bonchev–Trinajstić information content (AvgIpc) is 2.61. The normalized spacial score (nSPS) is 12.6. The predicted octanol–water partition coefficient (Wildman–Crippen LogP) is 2.98. The summed E-state index contributed by atoms with van der Waals surface area (Å²) in [6, 6.07) is 5.48. The van der Waals surface area contributed by atoms with Gasteiger partial charge in [-0.1, -0.05) is 0 Å². The number of aromatic nitrogens is 1. The number of hydrogen-bond acceptors (Lipinski definition) is 5. The molecule has 1 amide bonds. The number of pyridine rings is 1.